The molecule has 0 aliphatic rings. The Morgan fingerprint density at radius 1 is 1.21 bits per heavy atom. The molecule has 4 nitrogen and oxygen atoms in total. The number of ether oxygens (including phenoxy) is 1. The molecule has 0 radical (unpaired) electrons. The van der Waals surface area contributed by atoms with E-state index in [0.717, 1.165) is 15.8 Å². The second-order valence-corrected chi connectivity index (χ2v) is 5.51. The Morgan fingerprint density at radius 3 is 2.58 bits per heavy atom. The first-order valence-electron chi connectivity index (χ1n) is 6.04. The molecule has 5 heteroatoms. The van der Waals surface area contributed by atoms with Gasteiger partial charge >= 0.3 is 0 Å². The van der Waals surface area contributed by atoms with Crippen molar-refractivity contribution in [1.82, 2.24) is 9.97 Å². The number of aryl methyl sites for hydroxylation is 1. The van der Waals surface area contributed by atoms with E-state index in [-0.39, 0.29) is 5.92 Å². The van der Waals surface area contributed by atoms with Crippen molar-refractivity contribution < 1.29 is 4.74 Å². The molecule has 2 aromatic rings. The number of anilines is 1. The molecular formula is C14H16BrN3O. The van der Waals surface area contributed by atoms with E-state index in [1.807, 2.05) is 39.0 Å². The number of nitrogen functional groups attached to an aromatic ring is 1. The van der Waals surface area contributed by atoms with Gasteiger partial charge in [-0.05, 0) is 30.7 Å². The van der Waals surface area contributed by atoms with Gasteiger partial charge in [0, 0.05) is 16.5 Å². The molecule has 0 saturated carbocycles. The summed E-state index contributed by atoms with van der Waals surface area (Å²) >= 11 is 3.46. The number of hydrogen-bond donors (Lipinski definition) is 1. The standard InChI is InChI=1S/C14H16BrN3O/c1-8(2)14-17-12(16)7-13(18-14)19-10-4-5-11(15)9(3)6-10/h4-8H,1-3H3,(H2,16,17,18). The van der Waals surface area contributed by atoms with Gasteiger partial charge in [0.2, 0.25) is 5.88 Å². The lowest BCUT2D eigenvalue weighted by Gasteiger charge is -2.10. The fourth-order valence-corrected chi connectivity index (χ4v) is 1.82. The van der Waals surface area contributed by atoms with Gasteiger partial charge in [0.15, 0.2) is 0 Å². The van der Waals surface area contributed by atoms with Crippen LogP contribution in [0.1, 0.15) is 31.2 Å². The maximum Gasteiger partial charge on any atom is 0.224 e. The summed E-state index contributed by atoms with van der Waals surface area (Å²) in [5, 5.41) is 0. The summed E-state index contributed by atoms with van der Waals surface area (Å²) in [6.07, 6.45) is 0. The summed E-state index contributed by atoms with van der Waals surface area (Å²) in [5.41, 5.74) is 6.87. The minimum absolute atomic E-state index is 0.206. The summed E-state index contributed by atoms with van der Waals surface area (Å²) in [6, 6.07) is 7.39. The van der Waals surface area contributed by atoms with Gasteiger partial charge in [-0.3, -0.25) is 0 Å². The van der Waals surface area contributed by atoms with Crippen LogP contribution in [-0.2, 0) is 0 Å². The fraction of sp³-hybridized carbons (Fsp3) is 0.286. The predicted molar refractivity (Wildman–Crippen MR) is 79.5 cm³/mol. The molecule has 0 aliphatic carbocycles. The third kappa shape index (κ3) is 3.44. The molecule has 0 amide bonds. The lowest BCUT2D eigenvalue weighted by molar-refractivity contribution is 0.457. The summed E-state index contributed by atoms with van der Waals surface area (Å²) in [7, 11) is 0. The molecule has 2 N–H and O–H groups in total. The maximum atomic E-state index is 5.77. The molecule has 0 spiro atoms. The second-order valence-electron chi connectivity index (χ2n) is 4.66. The van der Waals surface area contributed by atoms with Crippen LogP contribution in [0.15, 0.2) is 28.7 Å². The molecule has 0 fully saturated rings. The SMILES string of the molecule is Cc1cc(Oc2cc(N)nc(C(C)C)n2)ccc1Br. The Labute approximate surface area is 121 Å². The van der Waals surface area contributed by atoms with E-state index in [1.165, 1.54) is 0 Å². The Hall–Kier alpha value is -1.62. The Morgan fingerprint density at radius 2 is 1.95 bits per heavy atom. The predicted octanol–water partition coefficient (Wildman–Crippen LogP) is 4.05. The van der Waals surface area contributed by atoms with Crippen LogP contribution in [0.4, 0.5) is 5.82 Å². The summed E-state index contributed by atoms with van der Waals surface area (Å²) in [6.45, 7) is 6.04. The molecule has 0 unspecified atom stereocenters. The van der Waals surface area contributed by atoms with Gasteiger partial charge in [-0.1, -0.05) is 29.8 Å². The molecule has 19 heavy (non-hydrogen) atoms. The van der Waals surface area contributed by atoms with E-state index in [4.69, 9.17) is 10.5 Å². The zero-order chi connectivity index (χ0) is 14.0. The molecule has 1 aromatic carbocycles. The molecule has 0 aliphatic heterocycles. The number of aromatic nitrogens is 2. The highest BCUT2D eigenvalue weighted by Gasteiger charge is 2.08. The van der Waals surface area contributed by atoms with E-state index in [1.54, 1.807) is 6.07 Å². The minimum atomic E-state index is 0.206. The van der Waals surface area contributed by atoms with E-state index in [9.17, 15) is 0 Å². The van der Waals surface area contributed by atoms with Gasteiger partial charge in [-0.15, -0.1) is 0 Å². The number of benzene rings is 1. The Balaban J connectivity index is 2.29. The van der Waals surface area contributed by atoms with Crippen LogP contribution in [0.25, 0.3) is 0 Å². The van der Waals surface area contributed by atoms with Crippen LogP contribution < -0.4 is 10.5 Å². The van der Waals surface area contributed by atoms with Gasteiger partial charge in [0.05, 0.1) is 0 Å². The first-order valence-corrected chi connectivity index (χ1v) is 6.83. The number of nitrogens with zero attached hydrogens (tertiary/aromatic N) is 2. The highest BCUT2D eigenvalue weighted by Crippen LogP contribution is 2.26. The quantitative estimate of drug-likeness (QED) is 0.926. The average Bonchev–Trinajstić information content (AvgIpc) is 2.33. The normalized spacial score (nSPS) is 10.8. The van der Waals surface area contributed by atoms with Gasteiger partial charge < -0.3 is 10.5 Å². The van der Waals surface area contributed by atoms with E-state index >= 15 is 0 Å². The number of rotatable bonds is 3. The maximum absolute atomic E-state index is 5.77. The topological polar surface area (TPSA) is 61.0 Å². The number of hydrogen-bond acceptors (Lipinski definition) is 4. The Kier molecular flexibility index (Phi) is 4.04. The van der Waals surface area contributed by atoms with Gasteiger partial charge in [0.1, 0.15) is 17.4 Å². The second kappa shape index (κ2) is 5.57. The molecular weight excluding hydrogens is 306 g/mol. The molecule has 0 saturated heterocycles. The van der Waals surface area contributed by atoms with Crippen LogP contribution in [0, 0.1) is 6.92 Å². The summed E-state index contributed by atoms with van der Waals surface area (Å²) < 4.78 is 6.78. The first-order chi connectivity index (χ1) is 8.95. The fourth-order valence-electron chi connectivity index (χ4n) is 1.57. The highest BCUT2D eigenvalue weighted by atomic mass is 79.9. The van der Waals surface area contributed by atoms with E-state index in [0.29, 0.717) is 17.5 Å². The van der Waals surface area contributed by atoms with Crippen molar-refractivity contribution >= 4 is 21.7 Å². The molecule has 0 atom stereocenters. The average molecular weight is 322 g/mol. The zero-order valence-corrected chi connectivity index (χ0v) is 12.7. The van der Waals surface area contributed by atoms with Gasteiger partial charge in [0.25, 0.3) is 0 Å². The minimum Gasteiger partial charge on any atom is -0.439 e. The van der Waals surface area contributed by atoms with Crippen molar-refractivity contribution in [2.75, 3.05) is 5.73 Å². The smallest absolute Gasteiger partial charge is 0.224 e. The first kappa shape index (κ1) is 13.8. The van der Waals surface area contributed by atoms with Crippen molar-refractivity contribution in [2.24, 2.45) is 0 Å². The molecule has 2 rings (SSSR count). The van der Waals surface area contributed by atoms with Crippen molar-refractivity contribution in [3.05, 3.63) is 40.1 Å². The molecule has 0 bridgehead atoms. The van der Waals surface area contributed by atoms with Gasteiger partial charge in [-0.2, -0.15) is 4.98 Å². The van der Waals surface area contributed by atoms with Crippen LogP contribution in [0.3, 0.4) is 0 Å². The summed E-state index contributed by atoms with van der Waals surface area (Å²) in [4.78, 5) is 8.54. The molecule has 1 heterocycles. The van der Waals surface area contributed by atoms with Crippen molar-refractivity contribution in [2.45, 2.75) is 26.7 Å². The summed E-state index contributed by atoms with van der Waals surface area (Å²) in [5.74, 6) is 2.51. The van der Waals surface area contributed by atoms with E-state index < -0.39 is 0 Å². The number of halogens is 1. The lowest BCUT2D eigenvalue weighted by atomic mass is 10.2. The van der Waals surface area contributed by atoms with Crippen molar-refractivity contribution in [3.8, 4) is 11.6 Å². The lowest BCUT2D eigenvalue weighted by Crippen LogP contribution is -2.03. The largest absolute Gasteiger partial charge is 0.439 e. The van der Waals surface area contributed by atoms with Crippen LogP contribution in [0.2, 0.25) is 0 Å². The molecule has 1 aromatic heterocycles. The third-order valence-electron chi connectivity index (χ3n) is 2.61. The van der Waals surface area contributed by atoms with Gasteiger partial charge in [-0.25, -0.2) is 4.98 Å². The Bertz CT molecular complexity index is 599. The number of nitrogens with two attached hydrogens (primary N) is 1. The van der Waals surface area contributed by atoms with E-state index in [2.05, 4.69) is 25.9 Å². The van der Waals surface area contributed by atoms with Crippen molar-refractivity contribution in [3.63, 3.8) is 0 Å². The van der Waals surface area contributed by atoms with Crippen LogP contribution in [0.5, 0.6) is 11.6 Å². The molecule has 100 valence electrons. The van der Waals surface area contributed by atoms with Crippen LogP contribution in [-0.4, -0.2) is 9.97 Å². The van der Waals surface area contributed by atoms with Crippen molar-refractivity contribution in [1.29, 1.82) is 0 Å². The third-order valence-corrected chi connectivity index (χ3v) is 3.50. The zero-order valence-electron chi connectivity index (χ0n) is 11.1. The highest BCUT2D eigenvalue weighted by molar-refractivity contribution is 9.10. The van der Waals surface area contributed by atoms with Crippen LogP contribution >= 0.6 is 15.9 Å². The monoisotopic (exact) mass is 321 g/mol.